The van der Waals surface area contributed by atoms with Gasteiger partial charge in [0.1, 0.15) is 11.5 Å². The van der Waals surface area contributed by atoms with Crippen LogP contribution in [0.5, 0.6) is 11.5 Å². The molecule has 2 rings (SSSR count). The summed E-state index contributed by atoms with van der Waals surface area (Å²) in [5, 5.41) is 3.44. The van der Waals surface area contributed by atoms with Crippen LogP contribution < -0.4 is 14.8 Å². The lowest BCUT2D eigenvalue weighted by Gasteiger charge is -2.21. The van der Waals surface area contributed by atoms with Gasteiger partial charge in [-0.25, -0.2) is 0 Å². The minimum atomic E-state index is -0.206. The van der Waals surface area contributed by atoms with Crippen LogP contribution in [0.15, 0.2) is 34.8 Å². The monoisotopic (exact) mass is 453 g/mol. The lowest BCUT2D eigenvalue weighted by molar-refractivity contribution is -0.123. The number of benzene rings is 2. The zero-order valence-corrected chi connectivity index (χ0v) is 18.6. The second-order valence-corrected chi connectivity index (χ2v) is 8.08. The van der Waals surface area contributed by atoms with Crippen LogP contribution in [0.2, 0.25) is 5.02 Å². The first-order valence-electron chi connectivity index (χ1n) is 8.78. The lowest BCUT2D eigenvalue weighted by atomic mass is 9.93. The summed E-state index contributed by atoms with van der Waals surface area (Å²) in [7, 11) is 1.68. The van der Waals surface area contributed by atoms with E-state index in [1.165, 1.54) is 0 Å². The molecule has 0 heterocycles. The van der Waals surface area contributed by atoms with Crippen molar-refractivity contribution in [1.82, 2.24) is 5.32 Å². The topological polar surface area (TPSA) is 47.6 Å². The van der Waals surface area contributed by atoms with E-state index in [9.17, 15) is 4.79 Å². The van der Waals surface area contributed by atoms with Crippen LogP contribution in [-0.2, 0) is 4.79 Å². The number of ether oxygens (including phenoxy) is 2. The Hall–Kier alpha value is -1.72. The molecule has 0 spiro atoms. The van der Waals surface area contributed by atoms with Gasteiger partial charge in [-0.15, -0.1) is 0 Å². The number of aryl methyl sites for hydroxylation is 1. The van der Waals surface area contributed by atoms with Crippen molar-refractivity contribution in [3.8, 4) is 11.5 Å². The van der Waals surface area contributed by atoms with Crippen molar-refractivity contribution >= 4 is 33.4 Å². The maximum Gasteiger partial charge on any atom is 0.258 e. The summed E-state index contributed by atoms with van der Waals surface area (Å²) >= 11 is 9.45. The lowest BCUT2D eigenvalue weighted by Crippen LogP contribution is -2.31. The van der Waals surface area contributed by atoms with E-state index in [-0.39, 0.29) is 18.6 Å². The Bertz CT molecular complexity index is 823. The molecule has 1 amide bonds. The van der Waals surface area contributed by atoms with E-state index in [0.717, 1.165) is 26.9 Å². The standard InChI is InChI=1S/C21H25BrClNO3/c1-12(2)16-10-17(13(3)8-20(16)26-5)14(4)24-21(25)11-27-19-7-6-15(22)9-18(19)23/h6-10,12,14H,11H2,1-5H3,(H,24,25). The summed E-state index contributed by atoms with van der Waals surface area (Å²) in [6.45, 7) is 8.12. The fourth-order valence-electron chi connectivity index (χ4n) is 2.91. The fraction of sp³-hybridized carbons (Fsp3) is 0.381. The number of methoxy groups -OCH3 is 1. The van der Waals surface area contributed by atoms with Crippen LogP contribution in [0.4, 0.5) is 0 Å². The summed E-state index contributed by atoms with van der Waals surface area (Å²) in [6, 6.07) is 9.25. The minimum absolute atomic E-state index is 0.0993. The van der Waals surface area contributed by atoms with E-state index >= 15 is 0 Å². The van der Waals surface area contributed by atoms with Crippen LogP contribution in [0, 0.1) is 6.92 Å². The molecule has 0 aliphatic heterocycles. The molecule has 27 heavy (non-hydrogen) atoms. The van der Waals surface area contributed by atoms with Gasteiger partial charge in [0.15, 0.2) is 6.61 Å². The Morgan fingerprint density at radius 1 is 1.15 bits per heavy atom. The summed E-state index contributed by atoms with van der Waals surface area (Å²) in [4.78, 5) is 12.3. The molecule has 0 radical (unpaired) electrons. The molecule has 6 heteroatoms. The molecule has 0 fully saturated rings. The molecule has 4 nitrogen and oxygen atoms in total. The smallest absolute Gasteiger partial charge is 0.258 e. The number of nitrogens with one attached hydrogen (secondary N) is 1. The van der Waals surface area contributed by atoms with Gasteiger partial charge in [0.25, 0.3) is 5.91 Å². The Balaban J connectivity index is 2.06. The minimum Gasteiger partial charge on any atom is -0.496 e. The van der Waals surface area contributed by atoms with Crippen molar-refractivity contribution in [2.24, 2.45) is 0 Å². The van der Waals surface area contributed by atoms with Crippen molar-refractivity contribution in [2.75, 3.05) is 13.7 Å². The number of hydrogen-bond acceptors (Lipinski definition) is 3. The van der Waals surface area contributed by atoms with Crippen molar-refractivity contribution in [1.29, 1.82) is 0 Å². The van der Waals surface area contributed by atoms with Gasteiger partial charge in [-0.3, -0.25) is 4.79 Å². The molecule has 0 bridgehead atoms. The highest BCUT2D eigenvalue weighted by Gasteiger charge is 2.17. The molecular weight excluding hydrogens is 430 g/mol. The number of carbonyl (C=O) groups is 1. The number of rotatable bonds is 7. The third-order valence-corrected chi connectivity index (χ3v) is 5.13. The first-order chi connectivity index (χ1) is 12.7. The predicted octanol–water partition coefficient (Wildman–Crippen LogP) is 5.80. The van der Waals surface area contributed by atoms with Crippen molar-refractivity contribution in [3.63, 3.8) is 0 Å². The first-order valence-corrected chi connectivity index (χ1v) is 9.95. The summed E-state index contributed by atoms with van der Waals surface area (Å²) in [5.41, 5.74) is 3.26. The molecule has 1 atom stereocenters. The van der Waals surface area contributed by atoms with Gasteiger partial charge in [-0.05, 0) is 66.8 Å². The van der Waals surface area contributed by atoms with Gasteiger partial charge in [0.05, 0.1) is 18.2 Å². The average molecular weight is 455 g/mol. The molecular formula is C21H25BrClNO3. The third kappa shape index (κ3) is 5.63. The number of halogens is 2. The van der Waals surface area contributed by atoms with E-state index in [0.29, 0.717) is 16.7 Å². The van der Waals surface area contributed by atoms with Crippen LogP contribution in [0.1, 0.15) is 49.4 Å². The largest absolute Gasteiger partial charge is 0.496 e. The SMILES string of the molecule is COc1cc(C)c(C(C)NC(=O)COc2ccc(Br)cc2Cl)cc1C(C)C. The molecule has 0 saturated heterocycles. The molecule has 0 aliphatic carbocycles. The van der Waals surface area contributed by atoms with E-state index < -0.39 is 0 Å². The highest BCUT2D eigenvalue weighted by molar-refractivity contribution is 9.10. The van der Waals surface area contributed by atoms with Crippen molar-refractivity contribution in [3.05, 3.63) is 56.5 Å². The van der Waals surface area contributed by atoms with E-state index in [4.69, 9.17) is 21.1 Å². The maximum atomic E-state index is 12.3. The van der Waals surface area contributed by atoms with Crippen LogP contribution in [0.3, 0.4) is 0 Å². The molecule has 1 N–H and O–H groups in total. The van der Waals surface area contributed by atoms with Crippen LogP contribution in [0.25, 0.3) is 0 Å². The number of amides is 1. The highest BCUT2D eigenvalue weighted by atomic mass is 79.9. The van der Waals surface area contributed by atoms with E-state index in [1.807, 2.05) is 26.0 Å². The molecule has 0 aliphatic rings. The summed E-state index contributed by atoms with van der Waals surface area (Å²) in [6.07, 6.45) is 0. The normalized spacial score (nSPS) is 12.0. The molecule has 1 unspecified atom stereocenters. The van der Waals surface area contributed by atoms with Gasteiger partial charge in [0.2, 0.25) is 0 Å². The van der Waals surface area contributed by atoms with Crippen LogP contribution in [-0.4, -0.2) is 19.6 Å². The second kappa shape index (κ2) is 9.47. The van der Waals surface area contributed by atoms with Gasteiger partial charge in [-0.1, -0.05) is 41.4 Å². The van der Waals surface area contributed by atoms with Gasteiger partial charge in [0, 0.05) is 4.47 Å². The maximum absolute atomic E-state index is 12.3. The quantitative estimate of drug-likeness (QED) is 0.575. The number of hydrogen-bond donors (Lipinski definition) is 1. The zero-order chi connectivity index (χ0) is 20.1. The second-order valence-electron chi connectivity index (χ2n) is 6.76. The molecule has 0 aromatic heterocycles. The van der Waals surface area contributed by atoms with E-state index in [2.05, 4.69) is 41.2 Å². The Morgan fingerprint density at radius 3 is 2.44 bits per heavy atom. The Kier molecular flexibility index (Phi) is 7.57. The zero-order valence-electron chi connectivity index (χ0n) is 16.2. The average Bonchev–Trinajstić information content (AvgIpc) is 2.60. The molecule has 2 aromatic rings. The van der Waals surface area contributed by atoms with Gasteiger partial charge >= 0.3 is 0 Å². The fourth-order valence-corrected chi connectivity index (χ4v) is 3.63. The number of carbonyl (C=O) groups excluding carboxylic acids is 1. The molecule has 2 aromatic carbocycles. The summed E-state index contributed by atoms with van der Waals surface area (Å²) < 4.78 is 11.9. The van der Waals surface area contributed by atoms with Crippen LogP contribution >= 0.6 is 27.5 Å². The van der Waals surface area contributed by atoms with Crippen molar-refractivity contribution < 1.29 is 14.3 Å². The Morgan fingerprint density at radius 2 is 1.85 bits per heavy atom. The predicted molar refractivity (Wildman–Crippen MR) is 113 cm³/mol. The molecule has 146 valence electrons. The highest BCUT2D eigenvalue weighted by Crippen LogP contribution is 2.32. The summed E-state index contributed by atoms with van der Waals surface area (Å²) in [5.74, 6) is 1.47. The third-order valence-electron chi connectivity index (χ3n) is 4.34. The van der Waals surface area contributed by atoms with Crippen molar-refractivity contribution in [2.45, 2.75) is 39.7 Å². The van der Waals surface area contributed by atoms with E-state index in [1.54, 1.807) is 19.2 Å². The Labute approximate surface area is 174 Å². The van der Waals surface area contributed by atoms with Gasteiger partial charge < -0.3 is 14.8 Å². The van der Waals surface area contributed by atoms with Gasteiger partial charge in [-0.2, -0.15) is 0 Å². The molecule has 0 saturated carbocycles. The first kappa shape index (κ1) is 21.6.